The Morgan fingerprint density at radius 1 is 0.875 bits per heavy atom. The summed E-state index contributed by atoms with van der Waals surface area (Å²) in [6, 6.07) is 18.2. The number of aromatic nitrogens is 1. The summed E-state index contributed by atoms with van der Waals surface area (Å²) in [5, 5.41) is 0.567. The predicted molar refractivity (Wildman–Crippen MR) is 121 cm³/mol. The van der Waals surface area contributed by atoms with E-state index in [1.807, 2.05) is 0 Å². The molecule has 0 aliphatic heterocycles. The molecule has 0 unspecified atom stereocenters. The lowest BCUT2D eigenvalue weighted by molar-refractivity contribution is 0.104. The molecule has 32 heavy (non-hydrogen) atoms. The van der Waals surface area contributed by atoms with E-state index in [9.17, 15) is 18.0 Å². The van der Waals surface area contributed by atoms with Gasteiger partial charge in [-0.05, 0) is 41.8 Å². The molecule has 1 heterocycles. The predicted octanol–water partition coefficient (Wildman–Crippen LogP) is 3.79. The summed E-state index contributed by atoms with van der Waals surface area (Å²) < 4.78 is 32.1. The largest absolute Gasteiger partial charge is 0.317 e. The molecular weight excluding hydrogens is 428 g/mol. The third-order valence-electron chi connectivity index (χ3n) is 5.73. The first-order chi connectivity index (χ1) is 15.3. The maximum Gasteiger partial charge on any atom is 0.317 e. The van der Waals surface area contributed by atoms with Crippen molar-refractivity contribution in [1.82, 2.24) is 4.57 Å². The van der Waals surface area contributed by atoms with E-state index in [4.69, 9.17) is 4.28 Å². The van der Waals surface area contributed by atoms with Crippen molar-refractivity contribution in [3.63, 3.8) is 0 Å². The average Bonchev–Trinajstić information content (AvgIpc) is 2.79. The van der Waals surface area contributed by atoms with E-state index in [1.165, 1.54) is 16.7 Å². The second-order valence-electron chi connectivity index (χ2n) is 7.62. The van der Waals surface area contributed by atoms with Crippen molar-refractivity contribution < 1.29 is 17.5 Å². The summed E-state index contributed by atoms with van der Waals surface area (Å²) in [7, 11) is -2.50. The number of fused-ring (bicyclic) bond motifs is 2. The van der Waals surface area contributed by atoms with Gasteiger partial charge in [0.15, 0.2) is 5.78 Å². The van der Waals surface area contributed by atoms with Crippen LogP contribution in [-0.4, -0.2) is 18.8 Å². The van der Waals surface area contributed by atoms with Crippen molar-refractivity contribution in [3.8, 4) is 11.1 Å². The fraction of sp³-hybridized carbons (Fsp3) is 0.0833. The number of pyridine rings is 1. The Bertz CT molecular complexity index is 1600. The Kier molecular flexibility index (Phi) is 4.51. The first-order valence-corrected chi connectivity index (χ1v) is 11.3. The fourth-order valence-corrected chi connectivity index (χ4v) is 5.12. The van der Waals surface area contributed by atoms with Crippen LogP contribution in [0, 0.1) is 6.92 Å². The summed E-state index contributed by atoms with van der Waals surface area (Å²) in [5.41, 5.74) is 5.57. The van der Waals surface area contributed by atoms with Crippen LogP contribution in [0.5, 0.6) is 0 Å². The third-order valence-corrected chi connectivity index (χ3v) is 7.03. The van der Waals surface area contributed by atoms with Crippen LogP contribution >= 0.6 is 0 Å². The zero-order valence-corrected chi connectivity index (χ0v) is 18.1. The molecule has 1 aliphatic carbocycles. The first kappa shape index (κ1) is 20.2. The van der Waals surface area contributed by atoms with Crippen molar-refractivity contribution in [3.05, 3.63) is 93.8 Å². The van der Waals surface area contributed by atoms with Gasteiger partial charge in [0.05, 0.1) is 21.7 Å². The summed E-state index contributed by atoms with van der Waals surface area (Å²) in [5.74, 6) is -0.281. The second-order valence-corrected chi connectivity index (χ2v) is 9.13. The topological polar surface area (TPSA) is 94.5 Å². The second kappa shape index (κ2) is 7.15. The van der Waals surface area contributed by atoms with Gasteiger partial charge in [-0.3, -0.25) is 9.59 Å². The molecule has 0 spiro atoms. The van der Waals surface area contributed by atoms with E-state index in [-0.39, 0.29) is 27.5 Å². The van der Waals surface area contributed by atoms with Gasteiger partial charge in [0.1, 0.15) is 0 Å². The fourth-order valence-electron chi connectivity index (χ4n) is 4.12. The lowest BCUT2D eigenvalue weighted by Gasteiger charge is -2.23. The number of nitrogens with zero attached hydrogens (tertiary/aromatic N) is 1. The number of aryl methyl sites for hydroxylation is 2. The van der Waals surface area contributed by atoms with E-state index >= 15 is 0 Å². The molecule has 8 heteroatoms. The number of carbonyl (C=O) groups is 1. The van der Waals surface area contributed by atoms with E-state index in [0.717, 1.165) is 0 Å². The molecule has 0 saturated heterocycles. The van der Waals surface area contributed by atoms with Crippen molar-refractivity contribution in [2.75, 3.05) is 5.48 Å². The van der Waals surface area contributed by atoms with Gasteiger partial charge in [-0.2, -0.15) is 8.42 Å². The maximum absolute atomic E-state index is 13.4. The molecule has 1 aliphatic rings. The van der Waals surface area contributed by atoms with Gasteiger partial charge < -0.3 is 4.57 Å². The molecule has 3 aromatic carbocycles. The Balaban J connectivity index is 1.69. The number of benzene rings is 3. The van der Waals surface area contributed by atoms with E-state index in [2.05, 4.69) is 5.48 Å². The number of rotatable bonds is 4. The van der Waals surface area contributed by atoms with Gasteiger partial charge in [-0.15, -0.1) is 4.28 Å². The summed E-state index contributed by atoms with van der Waals surface area (Å²) >= 11 is 0. The quantitative estimate of drug-likeness (QED) is 0.422. The van der Waals surface area contributed by atoms with Gasteiger partial charge in [-0.1, -0.05) is 42.5 Å². The van der Waals surface area contributed by atoms with Crippen LogP contribution in [0.2, 0.25) is 0 Å². The Hall–Kier alpha value is -3.75. The Labute approximate surface area is 184 Å². The van der Waals surface area contributed by atoms with Crippen molar-refractivity contribution in [2.45, 2.75) is 11.8 Å². The lowest BCUT2D eigenvalue weighted by atomic mass is 9.83. The molecule has 7 nitrogen and oxygen atoms in total. The van der Waals surface area contributed by atoms with E-state index in [1.54, 1.807) is 68.6 Å². The Morgan fingerprint density at radius 3 is 2.31 bits per heavy atom. The first-order valence-electron chi connectivity index (χ1n) is 9.85. The molecular formula is C24H18N2O5S. The molecule has 0 atom stereocenters. The molecule has 0 saturated carbocycles. The van der Waals surface area contributed by atoms with Gasteiger partial charge in [0.25, 0.3) is 5.56 Å². The standard InChI is InChI=1S/C24H18N2O5S/c1-14-7-3-6-10-20(14)32(29,30)31-25-18-11-12-19-22-17(13-21(27)26(19)2)15-8-4-5-9-16(15)24(28)23(18)22/h3-13,25H,1-2H3. The highest BCUT2D eigenvalue weighted by atomic mass is 32.2. The lowest BCUT2D eigenvalue weighted by Crippen LogP contribution is -2.22. The smallest absolute Gasteiger partial charge is 0.311 e. The number of ketones is 1. The molecule has 1 N–H and O–H groups in total. The van der Waals surface area contributed by atoms with E-state index in [0.29, 0.717) is 33.2 Å². The number of carbonyl (C=O) groups excluding carboxylic acids is 1. The van der Waals surface area contributed by atoms with Gasteiger partial charge in [-0.25, -0.2) is 5.48 Å². The van der Waals surface area contributed by atoms with E-state index < -0.39 is 10.1 Å². The highest BCUT2D eigenvalue weighted by Crippen LogP contribution is 2.41. The molecule has 0 amide bonds. The van der Waals surface area contributed by atoms with Crippen LogP contribution in [0.25, 0.3) is 22.0 Å². The Morgan fingerprint density at radius 2 is 1.56 bits per heavy atom. The normalized spacial score (nSPS) is 12.6. The van der Waals surface area contributed by atoms with Crippen molar-refractivity contribution in [2.24, 2.45) is 7.05 Å². The zero-order chi connectivity index (χ0) is 22.6. The SMILES string of the molecule is Cc1ccccc1S(=O)(=O)ONc1ccc2c3c(cc(=O)n2C)-c2ccccc2C(=O)c13. The summed E-state index contributed by atoms with van der Waals surface area (Å²) in [4.78, 5) is 26.0. The molecule has 0 fully saturated rings. The van der Waals surface area contributed by atoms with Gasteiger partial charge >= 0.3 is 10.1 Å². The number of hydrogen-bond acceptors (Lipinski definition) is 6. The molecule has 1 aromatic heterocycles. The summed E-state index contributed by atoms with van der Waals surface area (Å²) in [6.45, 7) is 1.67. The maximum atomic E-state index is 13.4. The highest BCUT2D eigenvalue weighted by molar-refractivity contribution is 7.86. The molecule has 0 radical (unpaired) electrons. The number of hydrogen-bond donors (Lipinski definition) is 1. The van der Waals surface area contributed by atoms with Crippen molar-refractivity contribution in [1.29, 1.82) is 0 Å². The zero-order valence-electron chi connectivity index (χ0n) is 17.2. The minimum absolute atomic E-state index is 0.0293. The van der Waals surface area contributed by atoms with Gasteiger partial charge in [0.2, 0.25) is 0 Å². The highest BCUT2D eigenvalue weighted by Gasteiger charge is 2.29. The molecule has 4 aromatic rings. The van der Waals surface area contributed by atoms with Crippen LogP contribution in [0.4, 0.5) is 5.69 Å². The van der Waals surface area contributed by atoms with Crippen LogP contribution in [0.15, 0.2) is 76.4 Å². The van der Waals surface area contributed by atoms with Crippen molar-refractivity contribution >= 4 is 32.5 Å². The third kappa shape index (κ3) is 2.96. The number of anilines is 1. The molecule has 5 rings (SSSR count). The minimum atomic E-state index is -4.13. The molecule has 0 bridgehead atoms. The number of nitrogens with one attached hydrogen (secondary N) is 1. The monoisotopic (exact) mass is 446 g/mol. The van der Waals surface area contributed by atoms with Crippen LogP contribution in [0.3, 0.4) is 0 Å². The average molecular weight is 446 g/mol. The van der Waals surface area contributed by atoms with Gasteiger partial charge in [0, 0.05) is 24.1 Å². The van der Waals surface area contributed by atoms with Crippen LogP contribution < -0.4 is 11.0 Å². The summed E-state index contributed by atoms with van der Waals surface area (Å²) in [6.07, 6.45) is 0. The van der Waals surface area contributed by atoms with Crippen LogP contribution in [-0.2, 0) is 21.4 Å². The van der Waals surface area contributed by atoms with Crippen LogP contribution in [0.1, 0.15) is 21.5 Å². The molecule has 160 valence electrons. The minimum Gasteiger partial charge on any atom is -0.311 e.